The predicted octanol–water partition coefficient (Wildman–Crippen LogP) is 7.15. The average Bonchev–Trinajstić information content (AvgIpc) is 3.38. The predicted molar refractivity (Wildman–Crippen MR) is 149 cm³/mol. The van der Waals surface area contributed by atoms with E-state index in [2.05, 4.69) is 30.4 Å². The summed E-state index contributed by atoms with van der Waals surface area (Å²) in [6.45, 7) is 6.16. The highest BCUT2D eigenvalue weighted by atomic mass is 16.2. The van der Waals surface area contributed by atoms with Crippen molar-refractivity contribution in [3.8, 4) is 0 Å². The molecule has 2 saturated carbocycles. The lowest BCUT2D eigenvalue weighted by Gasteiger charge is -2.29. The molecule has 5 rings (SSSR count). The quantitative estimate of drug-likeness (QED) is 0.425. The van der Waals surface area contributed by atoms with E-state index < -0.39 is 0 Å². The number of benzene rings is 2. The zero-order valence-electron chi connectivity index (χ0n) is 22.0. The van der Waals surface area contributed by atoms with E-state index in [-0.39, 0.29) is 18.2 Å². The maximum Gasteiger partial charge on any atom is 0.349 e. The Kier molecular flexibility index (Phi) is 7.33. The lowest BCUT2D eigenvalue weighted by molar-refractivity contribution is 0.195. The third-order valence-electron chi connectivity index (χ3n) is 8.12. The Bertz CT molecular complexity index is 1100. The Hall–Kier alpha value is -2.86. The van der Waals surface area contributed by atoms with Gasteiger partial charge in [-0.1, -0.05) is 44.2 Å². The first kappa shape index (κ1) is 24.8. The molecule has 0 radical (unpaired) electrons. The number of nitrogens with one attached hydrogen (secondary N) is 1. The van der Waals surface area contributed by atoms with Crippen LogP contribution in [-0.2, 0) is 0 Å². The summed E-state index contributed by atoms with van der Waals surface area (Å²) in [6, 6.07) is 14.4. The van der Waals surface area contributed by atoms with Gasteiger partial charge in [-0.3, -0.25) is 4.90 Å². The molecule has 0 aromatic heterocycles. The summed E-state index contributed by atoms with van der Waals surface area (Å²) in [5, 5.41) is 10.2. The molecule has 2 fully saturated rings. The van der Waals surface area contributed by atoms with Crippen molar-refractivity contribution in [3.63, 3.8) is 0 Å². The second-order valence-electron chi connectivity index (χ2n) is 11.2. The maximum absolute atomic E-state index is 14.0. The number of nitrogens with two attached hydrogens (primary N) is 1. The third kappa shape index (κ3) is 5.01. The molecule has 1 unspecified atom stereocenters. The first-order valence-electron chi connectivity index (χ1n) is 13.9. The minimum Gasteiger partial charge on any atom is -0.370 e. The van der Waals surface area contributed by atoms with Crippen LogP contribution in [0.1, 0.15) is 82.8 Å². The van der Waals surface area contributed by atoms with Crippen LogP contribution in [-0.4, -0.2) is 29.0 Å². The smallest absolute Gasteiger partial charge is 0.349 e. The van der Waals surface area contributed by atoms with E-state index >= 15 is 0 Å². The molecule has 0 bridgehead atoms. The van der Waals surface area contributed by atoms with Crippen LogP contribution in [0.2, 0.25) is 0 Å². The van der Waals surface area contributed by atoms with Crippen LogP contribution in [0.15, 0.2) is 47.6 Å². The molecule has 2 aliphatic carbocycles. The number of nitrogens with zero attached hydrogens (tertiary/aromatic N) is 3. The fourth-order valence-corrected chi connectivity index (χ4v) is 6.06. The Balaban J connectivity index is 1.51. The van der Waals surface area contributed by atoms with Gasteiger partial charge in [0.15, 0.2) is 0 Å². The Morgan fingerprint density at radius 2 is 1.61 bits per heavy atom. The van der Waals surface area contributed by atoms with E-state index in [1.54, 1.807) is 5.01 Å². The maximum atomic E-state index is 14.0. The molecule has 192 valence electrons. The van der Waals surface area contributed by atoms with E-state index in [0.29, 0.717) is 11.8 Å². The summed E-state index contributed by atoms with van der Waals surface area (Å²) in [4.78, 5) is 15.9. The molecule has 0 saturated heterocycles. The van der Waals surface area contributed by atoms with Crippen LogP contribution in [0.4, 0.5) is 21.9 Å². The lowest BCUT2D eigenvalue weighted by Crippen LogP contribution is -2.41. The number of carbonyl (C=O) groups is 1. The van der Waals surface area contributed by atoms with Crippen molar-refractivity contribution in [1.82, 2.24) is 5.01 Å². The minimum atomic E-state index is -0.106. The lowest BCUT2D eigenvalue weighted by atomic mass is 9.82. The van der Waals surface area contributed by atoms with E-state index in [9.17, 15) is 4.79 Å². The van der Waals surface area contributed by atoms with Crippen molar-refractivity contribution in [1.29, 1.82) is 0 Å². The van der Waals surface area contributed by atoms with E-state index in [1.807, 2.05) is 43.0 Å². The summed E-state index contributed by atoms with van der Waals surface area (Å²) in [5.41, 5.74) is 12.5. The van der Waals surface area contributed by atoms with Crippen molar-refractivity contribution >= 4 is 28.8 Å². The number of carbonyl (C=O) groups excluding carboxylic acids is 1. The SMILES string of the molecule is Cc1ccc2c(c1)N(c1ccc(NC(N)C3CCCC3)cc1)C(=O)N(C(C)C)N=C2C1CCCCC1. The average molecular weight is 488 g/mol. The van der Waals surface area contributed by atoms with Gasteiger partial charge in [0.25, 0.3) is 0 Å². The fourth-order valence-electron chi connectivity index (χ4n) is 6.06. The number of aryl methyl sites for hydroxylation is 1. The van der Waals surface area contributed by atoms with Gasteiger partial charge in [0, 0.05) is 17.2 Å². The Labute approximate surface area is 215 Å². The second kappa shape index (κ2) is 10.6. The molecule has 2 aromatic carbocycles. The van der Waals surface area contributed by atoms with Crippen LogP contribution in [0.3, 0.4) is 0 Å². The molecule has 3 N–H and O–H groups in total. The van der Waals surface area contributed by atoms with Gasteiger partial charge < -0.3 is 11.1 Å². The van der Waals surface area contributed by atoms with Crippen molar-refractivity contribution in [3.05, 3.63) is 53.6 Å². The number of hydrogen-bond donors (Lipinski definition) is 2. The van der Waals surface area contributed by atoms with Gasteiger partial charge in [-0.15, -0.1) is 0 Å². The van der Waals surface area contributed by atoms with Crippen molar-refractivity contribution in [2.24, 2.45) is 22.7 Å². The number of rotatable bonds is 6. The van der Waals surface area contributed by atoms with Crippen LogP contribution in [0.25, 0.3) is 0 Å². The first-order valence-corrected chi connectivity index (χ1v) is 13.9. The molecular weight excluding hydrogens is 446 g/mol. The number of anilines is 3. The minimum absolute atomic E-state index is 0.0376. The number of amides is 2. The van der Waals surface area contributed by atoms with Crippen LogP contribution < -0.4 is 16.0 Å². The second-order valence-corrected chi connectivity index (χ2v) is 11.2. The van der Waals surface area contributed by atoms with Crippen molar-refractivity contribution < 1.29 is 4.79 Å². The van der Waals surface area contributed by atoms with E-state index in [1.165, 1.54) is 44.9 Å². The highest BCUT2D eigenvalue weighted by Gasteiger charge is 2.35. The first-order chi connectivity index (χ1) is 17.4. The van der Waals surface area contributed by atoms with Crippen molar-refractivity contribution in [2.75, 3.05) is 10.2 Å². The highest BCUT2D eigenvalue weighted by molar-refractivity contribution is 6.14. The topological polar surface area (TPSA) is 74.0 Å². The summed E-state index contributed by atoms with van der Waals surface area (Å²) >= 11 is 0. The highest BCUT2D eigenvalue weighted by Crippen LogP contribution is 2.39. The van der Waals surface area contributed by atoms with Crippen molar-refractivity contribution in [2.45, 2.75) is 90.8 Å². The molecule has 0 spiro atoms. The van der Waals surface area contributed by atoms with Gasteiger partial charge in [0.2, 0.25) is 0 Å². The molecule has 1 atom stereocenters. The van der Waals surface area contributed by atoms with Gasteiger partial charge in [-0.25, -0.2) is 9.80 Å². The van der Waals surface area contributed by atoms with Gasteiger partial charge >= 0.3 is 6.03 Å². The number of urea groups is 1. The monoisotopic (exact) mass is 487 g/mol. The summed E-state index contributed by atoms with van der Waals surface area (Å²) < 4.78 is 0. The molecule has 3 aliphatic rings. The third-order valence-corrected chi connectivity index (χ3v) is 8.12. The van der Waals surface area contributed by atoms with E-state index in [4.69, 9.17) is 10.8 Å². The summed E-state index contributed by atoms with van der Waals surface area (Å²) in [5.74, 6) is 0.916. The van der Waals surface area contributed by atoms with Gasteiger partial charge in [0.1, 0.15) is 0 Å². The number of hydrogen-bond acceptors (Lipinski definition) is 4. The number of fused-ring (bicyclic) bond motifs is 1. The fraction of sp³-hybridized carbons (Fsp3) is 0.533. The van der Waals surface area contributed by atoms with E-state index in [0.717, 1.165) is 46.7 Å². The molecule has 36 heavy (non-hydrogen) atoms. The van der Waals surface area contributed by atoms with Crippen LogP contribution in [0, 0.1) is 18.8 Å². The molecule has 6 nitrogen and oxygen atoms in total. The zero-order chi connectivity index (χ0) is 25.2. The number of hydrazone groups is 1. The van der Waals surface area contributed by atoms with Gasteiger partial charge in [-0.2, -0.15) is 5.10 Å². The van der Waals surface area contributed by atoms with Gasteiger partial charge in [0.05, 0.1) is 29.3 Å². The summed E-state index contributed by atoms with van der Waals surface area (Å²) in [6.07, 6.45) is 10.9. The molecular formula is C30H41N5O. The summed E-state index contributed by atoms with van der Waals surface area (Å²) in [7, 11) is 0. The van der Waals surface area contributed by atoms with Crippen LogP contribution >= 0.6 is 0 Å². The molecule has 1 aliphatic heterocycles. The Morgan fingerprint density at radius 1 is 0.944 bits per heavy atom. The van der Waals surface area contributed by atoms with Gasteiger partial charge in [-0.05, 0) is 88.3 Å². The largest absolute Gasteiger partial charge is 0.370 e. The zero-order valence-corrected chi connectivity index (χ0v) is 22.0. The molecule has 2 aromatic rings. The molecule has 6 heteroatoms. The Morgan fingerprint density at radius 3 is 2.28 bits per heavy atom. The standard InChI is InChI=1S/C30H41N5O/c1-20(2)35-30(36)34(25-16-14-24(15-17-25)32-29(31)23-11-7-8-12-23)27-19-21(3)13-18-26(27)28(33-35)22-9-5-4-6-10-22/h13-20,22-23,29,32H,4-12,31H2,1-3H3. The van der Waals surface area contributed by atoms with Crippen LogP contribution in [0.5, 0.6) is 0 Å². The normalized spacial score (nSPS) is 20.4. The molecule has 2 amide bonds. The molecule has 1 heterocycles.